The number of halogens is 1. The van der Waals surface area contributed by atoms with E-state index >= 15 is 0 Å². The predicted molar refractivity (Wildman–Crippen MR) is 130 cm³/mol. The monoisotopic (exact) mass is 496 g/mol. The first-order chi connectivity index (χ1) is 16.8. The molecule has 2 aromatic carbocycles. The molecule has 0 bridgehead atoms. The zero-order chi connectivity index (χ0) is 24.9. The molecule has 1 aliphatic rings. The number of thioether (sulfide) groups is 1. The van der Waals surface area contributed by atoms with Crippen molar-refractivity contribution in [2.75, 3.05) is 17.9 Å². The number of hydrogen-bond donors (Lipinski definition) is 1. The van der Waals surface area contributed by atoms with Crippen LogP contribution in [-0.2, 0) is 16.1 Å². The summed E-state index contributed by atoms with van der Waals surface area (Å²) in [6, 6.07) is 12.2. The molecule has 1 aliphatic heterocycles. The summed E-state index contributed by atoms with van der Waals surface area (Å²) < 4.78 is 25.1. The quantitative estimate of drug-likeness (QED) is 0.371. The third-order valence-electron chi connectivity index (χ3n) is 5.39. The molecule has 2 amide bonds. The Bertz CT molecular complexity index is 1240. The lowest BCUT2D eigenvalue weighted by atomic mass is 10.1. The molecule has 35 heavy (non-hydrogen) atoms. The van der Waals surface area contributed by atoms with Crippen molar-refractivity contribution in [1.82, 2.24) is 14.9 Å². The SMILES string of the molecule is Cc1cc(C)nc(SCC(=O)N(Cc2ccccc2F)[C@H](C)C(=O)Nc2ccc3c(c2)OCO3)n1. The standard InChI is InChI=1S/C25H25FN4O4S/c1-15-10-16(2)28-25(27-15)35-13-23(31)30(12-18-6-4-5-7-20(18)26)17(3)24(32)29-19-8-9-21-22(11-19)34-14-33-21/h4-11,17H,12-14H2,1-3H3,(H,29,32)/t17-/m1/s1. The summed E-state index contributed by atoms with van der Waals surface area (Å²) in [6.07, 6.45) is 0. The highest BCUT2D eigenvalue weighted by Crippen LogP contribution is 2.34. The number of nitrogens with one attached hydrogen (secondary N) is 1. The van der Waals surface area contributed by atoms with Crippen LogP contribution in [0.4, 0.5) is 10.1 Å². The molecular weight excluding hydrogens is 471 g/mol. The Morgan fingerprint density at radius 3 is 2.54 bits per heavy atom. The van der Waals surface area contributed by atoms with Crippen LogP contribution in [0.25, 0.3) is 0 Å². The van der Waals surface area contributed by atoms with Gasteiger partial charge in [0.05, 0.1) is 5.75 Å². The van der Waals surface area contributed by atoms with E-state index in [0.29, 0.717) is 27.9 Å². The summed E-state index contributed by atoms with van der Waals surface area (Å²) in [5.41, 5.74) is 2.41. The Labute approximate surface area is 206 Å². The molecule has 1 atom stereocenters. The largest absolute Gasteiger partial charge is 0.454 e. The summed E-state index contributed by atoms with van der Waals surface area (Å²) >= 11 is 1.18. The van der Waals surface area contributed by atoms with Gasteiger partial charge in [-0.1, -0.05) is 30.0 Å². The summed E-state index contributed by atoms with van der Waals surface area (Å²) in [4.78, 5) is 36.4. The number of rotatable bonds is 8. The number of hydrogen-bond acceptors (Lipinski definition) is 7. The summed E-state index contributed by atoms with van der Waals surface area (Å²) in [5, 5.41) is 3.27. The van der Waals surface area contributed by atoms with Crippen LogP contribution >= 0.6 is 11.8 Å². The Kier molecular flexibility index (Phi) is 7.50. The van der Waals surface area contributed by atoms with E-state index in [1.165, 1.54) is 22.7 Å². The number of nitrogens with zero attached hydrogens (tertiary/aromatic N) is 3. The number of amides is 2. The van der Waals surface area contributed by atoms with Crippen LogP contribution in [0.15, 0.2) is 53.7 Å². The predicted octanol–water partition coefficient (Wildman–Crippen LogP) is 4.11. The molecule has 4 rings (SSSR count). The highest BCUT2D eigenvalue weighted by Gasteiger charge is 2.28. The smallest absolute Gasteiger partial charge is 0.246 e. The molecule has 0 aliphatic carbocycles. The highest BCUT2D eigenvalue weighted by molar-refractivity contribution is 7.99. The Morgan fingerprint density at radius 1 is 1.09 bits per heavy atom. The van der Waals surface area contributed by atoms with Gasteiger partial charge in [-0.25, -0.2) is 14.4 Å². The number of ether oxygens (including phenoxy) is 2. The van der Waals surface area contributed by atoms with Gasteiger partial charge in [0.15, 0.2) is 16.7 Å². The van der Waals surface area contributed by atoms with E-state index in [1.807, 2.05) is 19.9 Å². The van der Waals surface area contributed by atoms with Gasteiger partial charge >= 0.3 is 0 Å². The minimum Gasteiger partial charge on any atom is -0.454 e. The fourth-order valence-electron chi connectivity index (χ4n) is 3.58. The molecule has 3 aromatic rings. The maximum atomic E-state index is 14.4. The molecule has 8 nitrogen and oxygen atoms in total. The van der Waals surface area contributed by atoms with Crippen molar-refractivity contribution in [2.45, 2.75) is 38.5 Å². The van der Waals surface area contributed by atoms with Crippen LogP contribution in [0.5, 0.6) is 11.5 Å². The zero-order valence-electron chi connectivity index (χ0n) is 19.6. The third-order valence-corrected chi connectivity index (χ3v) is 6.22. The molecule has 1 aromatic heterocycles. The number of anilines is 1. The van der Waals surface area contributed by atoms with E-state index in [0.717, 1.165) is 11.4 Å². The summed E-state index contributed by atoms with van der Waals surface area (Å²) in [6.45, 7) is 5.38. The van der Waals surface area contributed by atoms with Gasteiger partial charge in [0.2, 0.25) is 18.6 Å². The topological polar surface area (TPSA) is 93.7 Å². The van der Waals surface area contributed by atoms with Crippen LogP contribution in [0.2, 0.25) is 0 Å². The van der Waals surface area contributed by atoms with Crippen LogP contribution < -0.4 is 14.8 Å². The average Bonchev–Trinajstić information content (AvgIpc) is 3.29. The average molecular weight is 497 g/mol. The van der Waals surface area contributed by atoms with Gasteiger partial charge < -0.3 is 19.7 Å². The molecule has 0 spiro atoms. The lowest BCUT2D eigenvalue weighted by molar-refractivity contribution is -0.136. The molecule has 0 fully saturated rings. The van der Waals surface area contributed by atoms with E-state index in [2.05, 4.69) is 15.3 Å². The van der Waals surface area contributed by atoms with Crippen LogP contribution in [0.3, 0.4) is 0 Å². The minimum atomic E-state index is -0.881. The van der Waals surface area contributed by atoms with Crippen molar-refractivity contribution in [1.29, 1.82) is 0 Å². The molecule has 0 unspecified atom stereocenters. The van der Waals surface area contributed by atoms with Gasteiger partial charge in [-0.3, -0.25) is 9.59 Å². The van der Waals surface area contributed by atoms with Gasteiger partial charge in [0, 0.05) is 35.2 Å². The van der Waals surface area contributed by atoms with Gasteiger partial charge in [-0.15, -0.1) is 0 Å². The van der Waals surface area contributed by atoms with E-state index < -0.39 is 17.8 Å². The zero-order valence-corrected chi connectivity index (χ0v) is 20.4. The molecule has 0 radical (unpaired) electrons. The normalized spacial score (nSPS) is 12.8. The molecule has 10 heteroatoms. The van der Waals surface area contributed by atoms with Crippen LogP contribution in [0.1, 0.15) is 23.9 Å². The summed E-state index contributed by atoms with van der Waals surface area (Å²) in [7, 11) is 0. The van der Waals surface area contributed by atoms with E-state index in [9.17, 15) is 14.0 Å². The first-order valence-electron chi connectivity index (χ1n) is 11.0. The number of aromatic nitrogens is 2. The van der Waals surface area contributed by atoms with Gasteiger partial charge in [0.1, 0.15) is 11.9 Å². The van der Waals surface area contributed by atoms with Crippen molar-refractivity contribution < 1.29 is 23.5 Å². The number of carbonyl (C=O) groups is 2. The third kappa shape index (κ3) is 6.07. The van der Waals surface area contributed by atoms with Crippen LogP contribution in [0, 0.1) is 19.7 Å². The number of aryl methyl sites for hydroxylation is 2. The lowest BCUT2D eigenvalue weighted by Gasteiger charge is -2.28. The van der Waals surface area contributed by atoms with E-state index in [1.54, 1.807) is 43.3 Å². The van der Waals surface area contributed by atoms with Gasteiger partial charge in [0.25, 0.3) is 0 Å². The minimum absolute atomic E-state index is 0.00100. The number of carbonyl (C=O) groups excluding carboxylic acids is 2. The van der Waals surface area contributed by atoms with Crippen molar-refractivity contribution in [3.05, 3.63) is 71.3 Å². The number of fused-ring (bicyclic) bond motifs is 1. The van der Waals surface area contributed by atoms with Gasteiger partial charge in [-0.05, 0) is 45.0 Å². The molecular formula is C25H25FN4O4S. The first-order valence-corrected chi connectivity index (χ1v) is 12.0. The molecule has 0 saturated carbocycles. The second-order valence-corrected chi connectivity index (χ2v) is 9.01. The van der Waals surface area contributed by atoms with E-state index in [-0.39, 0.29) is 25.0 Å². The Balaban J connectivity index is 1.51. The van der Waals surface area contributed by atoms with Crippen LogP contribution in [-0.4, -0.2) is 45.3 Å². The fraction of sp³-hybridized carbons (Fsp3) is 0.280. The first kappa shape index (κ1) is 24.5. The summed E-state index contributed by atoms with van der Waals surface area (Å²) in [5.74, 6) is -0.0777. The molecule has 2 heterocycles. The number of benzene rings is 2. The molecule has 182 valence electrons. The fourth-order valence-corrected chi connectivity index (χ4v) is 4.42. The van der Waals surface area contributed by atoms with E-state index in [4.69, 9.17) is 9.47 Å². The lowest BCUT2D eigenvalue weighted by Crippen LogP contribution is -2.46. The molecule has 0 saturated heterocycles. The molecule has 1 N–H and O–H groups in total. The van der Waals surface area contributed by atoms with Crippen molar-refractivity contribution >= 4 is 29.3 Å². The van der Waals surface area contributed by atoms with Crippen molar-refractivity contribution in [3.8, 4) is 11.5 Å². The van der Waals surface area contributed by atoms with Crippen molar-refractivity contribution in [3.63, 3.8) is 0 Å². The Hall–Kier alpha value is -3.66. The highest BCUT2D eigenvalue weighted by atomic mass is 32.2. The maximum Gasteiger partial charge on any atom is 0.246 e. The Morgan fingerprint density at radius 2 is 1.80 bits per heavy atom. The second-order valence-electron chi connectivity index (χ2n) is 8.07. The maximum absolute atomic E-state index is 14.4. The second kappa shape index (κ2) is 10.7. The van der Waals surface area contributed by atoms with Crippen molar-refractivity contribution in [2.24, 2.45) is 0 Å². The van der Waals surface area contributed by atoms with Gasteiger partial charge in [-0.2, -0.15) is 0 Å².